The molecule has 0 unspecified atom stereocenters. The number of ether oxygens (including phenoxy) is 1. The van der Waals surface area contributed by atoms with Crippen molar-refractivity contribution >= 4 is 11.9 Å². The van der Waals surface area contributed by atoms with Crippen molar-refractivity contribution in [3.8, 4) is 17.6 Å². The number of aliphatic hydroxyl groups excluding tert-OH is 2. The van der Waals surface area contributed by atoms with E-state index < -0.39 is 24.1 Å². The molecule has 2 atom stereocenters. The van der Waals surface area contributed by atoms with Crippen LogP contribution in [0.3, 0.4) is 0 Å². The number of carboxylic acid groups (broad SMARTS) is 2. The second-order valence-electron chi connectivity index (χ2n) is 6.76. The van der Waals surface area contributed by atoms with Crippen molar-refractivity contribution in [2.45, 2.75) is 52.4 Å². The van der Waals surface area contributed by atoms with Crippen molar-refractivity contribution in [1.29, 1.82) is 5.26 Å². The van der Waals surface area contributed by atoms with Crippen LogP contribution in [0.15, 0.2) is 18.2 Å². The third kappa shape index (κ3) is 7.05. The van der Waals surface area contributed by atoms with Gasteiger partial charge >= 0.3 is 11.9 Å². The zero-order valence-electron chi connectivity index (χ0n) is 18.1. The number of aliphatic hydroxyl groups is 2. The van der Waals surface area contributed by atoms with Gasteiger partial charge in [-0.1, -0.05) is 13.8 Å². The van der Waals surface area contributed by atoms with E-state index in [1.807, 2.05) is 23.7 Å². The molecule has 0 saturated carbocycles. The van der Waals surface area contributed by atoms with E-state index in [0.29, 0.717) is 24.4 Å². The Hall–Kier alpha value is -3.46. The fraction of sp³-hybridized carbons (Fsp3) is 0.429. The van der Waals surface area contributed by atoms with Crippen molar-refractivity contribution in [1.82, 2.24) is 9.78 Å². The predicted molar refractivity (Wildman–Crippen MR) is 113 cm³/mol. The van der Waals surface area contributed by atoms with Gasteiger partial charge in [0.05, 0.1) is 23.9 Å². The Kier molecular flexibility index (Phi) is 10.3. The first-order chi connectivity index (χ1) is 15.1. The highest BCUT2D eigenvalue weighted by Crippen LogP contribution is 2.31. The molecule has 1 aromatic carbocycles. The summed E-state index contributed by atoms with van der Waals surface area (Å²) in [6.07, 6.45) is -2.93. The van der Waals surface area contributed by atoms with Gasteiger partial charge in [0.25, 0.3) is 0 Å². The molecule has 0 fully saturated rings. The minimum atomic E-state index is -2.27. The summed E-state index contributed by atoms with van der Waals surface area (Å²) in [6, 6.07) is 7.69. The molecule has 0 saturated heterocycles. The Morgan fingerprint density at radius 2 is 1.75 bits per heavy atom. The van der Waals surface area contributed by atoms with Crippen LogP contribution >= 0.6 is 0 Å². The van der Waals surface area contributed by atoms with E-state index in [1.54, 1.807) is 6.07 Å². The van der Waals surface area contributed by atoms with Crippen molar-refractivity contribution in [2.24, 2.45) is 5.73 Å². The second-order valence-corrected chi connectivity index (χ2v) is 6.76. The topological polar surface area (TPSA) is 192 Å². The van der Waals surface area contributed by atoms with E-state index in [-0.39, 0.29) is 0 Å². The molecule has 1 heterocycles. The number of carbonyl (C=O) groups is 2. The Bertz CT molecular complexity index is 963. The molecule has 2 aromatic rings. The van der Waals surface area contributed by atoms with E-state index in [0.717, 1.165) is 35.5 Å². The van der Waals surface area contributed by atoms with Gasteiger partial charge in [-0.05, 0) is 43.5 Å². The van der Waals surface area contributed by atoms with E-state index in [2.05, 4.69) is 25.0 Å². The van der Waals surface area contributed by atoms with Crippen molar-refractivity contribution in [3.63, 3.8) is 0 Å². The first kappa shape index (κ1) is 26.6. The third-order valence-electron chi connectivity index (χ3n) is 4.29. The lowest BCUT2D eigenvalue weighted by molar-refractivity contribution is -0.165. The number of aryl methyl sites for hydroxylation is 2. The van der Waals surface area contributed by atoms with Gasteiger partial charge in [0.2, 0.25) is 0 Å². The van der Waals surface area contributed by atoms with Crippen LogP contribution in [0.4, 0.5) is 0 Å². The largest absolute Gasteiger partial charge is 0.479 e. The second kappa shape index (κ2) is 12.4. The molecule has 32 heavy (non-hydrogen) atoms. The first-order valence-electron chi connectivity index (χ1n) is 9.89. The lowest BCUT2D eigenvalue weighted by Crippen LogP contribution is -2.39. The maximum atomic E-state index is 9.77. The van der Waals surface area contributed by atoms with Gasteiger partial charge < -0.3 is 30.9 Å². The third-order valence-corrected chi connectivity index (χ3v) is 4.29. The van der Waals surface area contributed by atoms with Crippen LogP contribution in [0.2, 0.25) is 0 Å². The first-order valence-corrected chi connectivity index (χ1v) is 9.89. The number of nitriles is 1. The number of rotatable bonds is 9. The van der Waals surface area contributed by atoms with Gasteiger partial charge in [0.15, 0.2) is 18.0 Å². The molecule has 0 spiro atoms. The minimum absolute atomic E-state index is 0.542. The standard InChI is InChI=1S/C17H22N4O.C4H6O6/c1-4-15-17(16(5-2)21(20-15)7-6-18)22-14-9-12(3)8-13(10-14)11-19;5-1(3(7)8)2(6)4(9)10/h8-10H,4-7,18H2,1-3H3;1-2,5-6H,(H,7,8)(H,9,10)/t;1-,2-/m.1/s1. The molecular formula is C21H28N4O7. The molecule has 1 aromatic heterocycles. The summed E-state index contributed by atoms with van der Waals surface area (Å²) < 4.78 is 8.02. The molecule has 2 rings (SSSR count). The van der Waals surface area contributed by atoms with Crippen molar-refractivity contribution in [2.75, 3.05) is 6.54 Å². The normalized spacial score (nSPS) is 12.2. The average Bonchev–Trinajstić information content (AvgIpc) is 3.08. The highest BCUT2D eigenvalue weighted by Gasteiger charge is 2.29. The minimum Gasteiger partial charge on any atom is -0.479 e. The molecule has 0 aliphatic rings. The highest BCUT2D eigenvalue weighted by molar-refractivity contribution is 5.83. The van der Waals surface area contributed by atoms with Gasteiger partial charge in [-0.2, -0.15) is 10.4 Å². The Morgan fingerprint density at radius 1 is 1.16 bits per heavy atom. The number of nitrogens with two attached hydrogens (primary N) is 1. The summed E-state index contributed by atoms with van der Waals surface area (Å²) in [6.45, 7) is 7.30. The highest BCUT2D eigenvalue weighted by atomic mass is 16.5. The lowest BCUT2D eigenvalue weighted by atomic mass is 10.1. The fourth-order valence-electron chi connectivity index (χ4n) is 2.79. The van der Waals surface area contributed by atoms with Crippen LogP contribution in [-0.4, -0.2) is 60.9 Å². The van der Waals surface area contributed by atoms with Crippen LogP contribution in [0.25, 0.3) is 0 Å². The van der Waals surface area contributed by atoms with Crippen LogP contribution < -0.4 is 10.5 Å². The van der Waals surface area contributed by atoms with Crippen molar-refractivity contribution < 1.29 is 34.8 Å². The molecule has 174 valence electrons. The SMILES string of the molecule is CCc1nn(CCN)c(CC)c1Oc1cc(C)cc(C#N)c1.O=C(O)[C@H](O)[C@@H](O)C(=O)O. The van der Waals surface area contributed by atoms with Crippen LogP contribution in [0.5, 0.6) is 11.5 Å². The monoisotopic (exact) mass is 448 g/mol. The Labute approximate surface area is 185 Å². The molecule has 0 aliphatic heterocycles. The van der Waals surface area contributed by atoms with Crippen molar-refractivity contribution in [3.05, 3.63) is 40.7 Å². The number of aromatic nitrogens is 2. The quantitative estimate of drug-likeness (QED) is 0.367. The van der Waals surface area contributed by atoms with E-state index >= 15 is 0 Å². The number of nitrogens with zero attached hydrogens (tertiary/aromatic N) is 3. The van der Waals surface area contributed by atoms with Gasteiger partial charge in [0.1, 0.15) is 11.4 Å². The Morgan fingerprint density at radius 3 is 2.19 bits per heavy atom. The smallest absolute Gasteiger partial charge is 0.335 e. The molecule has 0 amide bonds. The summed E-state index contributed by atoms with van der Waals surface area (Å²) in [5.74, 6) is -2.06. The van der Waals surface area contributed by atoms with Crippen LogP contribution in [0, 0.1) is 18.3 Å². The summed E-state index contributed by atoms with van der Waals surface area (Å²) >= 11 is 0. The zero-order chi connectivity index (χ0) is 24.4. The predicted octanol–water partition coefficient (Wildman–Crippen LogP) is 0.816. The van der Waals surface area contributed by atoms with Gasteiger partial charge in [0, 0.05) is 6.54 Å². The zero-order valence-corrected chi connectivity index (χ0v) is 18.1. The lowest BCUT2D eigenvalue weighted by Gasteiger charge is -2.10. The molecule has 0 bridgehead atoms. The van der Waals surface area contributed by atoms with Crippen LogP contribution in [-0.2, 0) is 29.0 Å². The maximum Gasteiger partial charge on any atom is 0.335 e. The maximum absolute atomic E-state index is 9.77. The van der Waals surface area contributed by atoms with E-state index in [1.165, 1.54) is 0 Å². The number of carboxylic acids is 2. The molecule has 0 aliphatic carbocycles. The van der Waals surface area contributed by atoms with Gasteiger partial charge in [-0.3, -0.25) is 4.68 Å². The van der Waals surface area contributed by atoms with E-state index in [9.17, 15) is 9.59 Å². The molecule has 11 nitrogen and oxygen atoms in total. The van der Waals surface area contributed by atoms with Gasteiger partial charge in [-0.25, -0.2) is 9.59 Å². The van der Waals surface area contributed by atoms with E-state index in [4.69, 9.17) is 36.2 Å². The molecular weight excluding hydrogens is 420 g/mol. The number of hydrogen-bond acceptors (Lipinski definition) is 8. The summed E-state index contributed by atoms with van der Waals surface area (Å²) in [4.78, 5) is 19.5. The average molecular weight is 448 g/mol. The molecule has 6 N–H and O–H groups in total. The van der Waals surface area contributed by atoms with Crippen LogP contribution in [0.1, 0.15) is 36.4 Å². The summed E-state index contributed by atoms with van der Waals surface area (Å²) in [7, 11) is 0. The summed E-state index contributed by atoms with van der Waals surface area (Å²) in [5, 5.41) is 46.2. The number of benzene rings is 1. The molecule has 0 radical (unpaired) electrons. The summed E-state index contributed by atoms with van der Waals surface area (Å²) in [5.41, 5.74) is 9.22. The van der Waals surface area contributed by atoms with Gasteiger partial charge in [-0.15, -0.1) is 0 Å². The fourth-order valence-corrected chi connectivity index (χ4v) is 2.79. The number of aliphatic carboxylic acids is 2. The Balaban J connectivity index is 0.000000433. The number of hydrogen-bond donors (Lipinski definition) is 5. The molecule has 11 heteroatoms.